The van der Waals surface area contributed by atoms with Gasteiger partial charge in [-0.05, 0) is 66.2 Å². The number of carboxylic acid groups (broad SMARTS) is 1. The van der Waals surface area contributed by atoms with Gasteiger partial charge in [0.15, 0.2) is 0 Å². The minimum absolute atomic E-state index is 0.00775. The van der Waals surface area contributed by atoms with Crippen LogP contribution in [0.2, 0.25) is 0 Å². The highest BCUT2D eigenvalue weighted by molar-refractivity contribution is 5.79. The van der Waals surface area contributed by atoms with Crippen molar-refractivity contribution in [2.75, 3.05) is 13.2 Å². The molecular weight excluding hydrogens is 444 g/mol. The first kappa shape index (κ1) is 23.4. The number of alkyl carbamates (subject to hydrolysis) is 1. The summed E-state index contributed by atoms with van der Waals surface area (Å²) in [5.41, 5.74) is 4.76. The van der Waals surface area contributed by atoms with Gasteiger partial charge in [0.1, 0.15) is 6.61 Å². The van der Waals surface area contributed by atoms with Crippen LogP contribution in [0.15, 0.2) is 48.5 Å². The summed E-state index contributed by atoms with van der Waals surface area (Å²) in [4.78, 5) is 35.7. The number of rotatable bonds is 9. The Hall–Kier alpha value is -3.35. The number of unbranched alkanes of at least 4 members (excludes halogenated alkanes) is 1. The molecule has 2 aromatic rings. The molecule has 7 nitrogen and oxygen atoms in total. The van der Waals surface area contributed by atoms with E-state index < -0.39 is 12.1 Å². The molecule has 4 unspecified atom stereocenters. The number of fused-ring (bicyclic) bond motifs is 4. The second kappa shape index (κ2) is 10.1. The minimum Gasteiger partial charge on any atom is -0.481 e. The Morgan fingerprint density at radius 3 is 2.29 bits per heavy atom. The lowest BCUT2D eigenvalue weighted by Gasteiger charge is -2.40. The highest BCUT2D eigenvalue weighted by Gasteiger charge is 2.49. The van der Waals surface area contributed by atoms with Crippen molar-refractivity contribution >= 4 is 18.0 Å². The van der Waals surface area contributed by atoms with Crippen LogP contribution in [-0.2, 0) is 14.3 Å². The van der Waals surface area contributed by atoms with Crippen LogP contribution in [0.4, 0.5) is 4.79 Å². The Balaban J connectivity index is 0.983. The van der Waals surface area contributed by atoms with Crippen molar-refractivity contribution in [3.8, 4) is 11.1 Å². The van der Waals surface area contributed by atoms with Gasteiger partial charge in [0.05, 0.1) is 5.92 Å². The highest BCUT2D eigenvalue weighted by Crippen LogP contribution is 2.49. The molecule has 0 aromatic heterocycles. The number of aliphatic carboxylic acids is 1. The molecule has 0 saturated heterocycles. The minimum atomic E-state index is -0.714. The van der Waals surface area contributed by atoms with Gasteiger partial charge >= 0.3 is 12.1 Å². The van der Waals surface area contributed by atoms with Crippen molar-refractivity contribution in [1.29, 1.82) is 0 Å². The van der Waals surface area contributed by atoms with Crippen molar-refractivity contribution in [2.45, 2.75) is 50.5 Å². The van der Waals surface area contributed by atoms with Gasteiger partial charge in [-0.3, -0.25) is 9.59 Å². The van der Waals surface area contributed by atoms with Gasteiger partial charge in [-0.1, -0.05) is 48.5 Å². The van der Waals surface area contributed by atoms with E-state index in [2.05, 4.69) is 34.9 Å². The fraction of sp³-hybridized carbons (Fsp3) is 0.464. The van der Waals surface area contributed by atoms with Crippen LogP contribution in [-0.4, -0.2) is 42.3 Å². The van der Waals surface area contributed by atoms with Gasteiger partial charge in [0.25, 0.3) is 0 Å². The Labute approximate surface area is 205 Å². The maximum absolute atomic E-state index is 12.3. The maximum Gasteiger partial charge on any atom is 0.407 e. The third-order valence-electron chi connectivity index (χ3n) is 7.96. The number of carbonyl (C=O) groups excluding carboxylic acids is 2. The summed E-state index contributed by atoms with van der Waals surface area (Å²) in [6.45, 7) is 0.743. The van der Waals surface area contributed by atoms with Gasteiger partial charge in [0, 0.05) is 24.9 Å². The van der Waals surface area contributed by atoms with E-state index >= 15 is 0 Å². The first-order valence-corrected chi connectivity index (χ1v) is 12.6. The van der Waals surface area contributed by atoms with Gasteiger partial charge < -0.3 is 20.5 Å². The molecule has 2 amide bonds. The van der Waals surface area contributed by atoms with E-state index in [1.165, 1.54) is 22.3 Å². The molecule has 0 heterocycles. The van der Waals surface area contributed by atoms with Crippen molar-refractivity contribution in [3.05, 3.63) is 59.7 Å². The summed E-state index contributed by atoms with van der Waals surface area (Å²) in [7, 11) is 0. The van der Waals surface area contributed by atoms with E-state index in [1.807, 2.05) is 24.3 Å². The number of benzene rings is 2. The maximum atomic E-state index is 12.3. The van der Waals surface area contributed by atoms with E-state index in [4.69, 9.17) is 4.74 Å². The highest BCUT2D eigenvalue weighted by atomic mass is 16.5. The molecule has 5 rings (SSSR count). The second-order valence-electron chi connectivity index (χ2n) is 10.0. The lowest BCUT2D eigenvalue weighted by molar-refractivity contribution is -0.141. The normalized spacial score (nSPS) is 24.0. The lowest BCUT2D eigenvalue weighted by atomic mass is 9.71. The average molecular weight is 477 g/mol. The molecule has 0 aliphatic heterocycles. The molecule has 0 radical (unpaired) electrons. The average Bonchev–Trinajstić information content (AvgIpc) is 3.36. The molecule has 4 atom stereocenters. The molecule has 2 saturated carbocycles. The van der Waals surface area contributed by atoms with Crippen LogP contribution in [0.1, 0.15) is 55.6 Å². The number of carbonyl (C=O) groups is 3. The topological polar surface area (TPSA) is 105 Å². The zero-order valence-corrected chi connectivity index (χ0v) is 19.7. The van der Waals surface area contributed by atoms with Gasteiger partial charge in [-0.25, -0.2) is 4.79 Å². The van der Waals surface area contributed by atoms with Gasteiger partial charge in [0.2, 0.25) is 5.91 Å². The molecule has 3 N–H and O–H groups in total. The van der Waals surface area contributed by atoms with Crippen LogP contribution in [0, 0.1) is 17.8 Å². The molecule has 0 bridgehead atoms. The quantitative estimate of drug-likeness (QED) is 0.468. The molecule has 3 aliphatic carbocycles. The molecule has 35 heavy (non-hydrogen) atoms. The first-order chi connectivity index (χ1) is 17.0. The third kappa shape index (κ3) is 4.90. The van der Waals surface area contributed by atoms with Crippen molar-refractivity contribution in [3.63, 3.8) is 0 Å². The van der Waals surface area contributed by atoms with Crippen molar-refractivity contribution in [2.24, 2.45) is 17.8 Å². The van der Waals surface area contributed by atoms with Crippen LogP contribution in [0.3, 0.4) is 0 Å². The third-order valence-corrected chi connectivity index (χ3v) is 7.96. The summed E-state index contributed by atoms with van der Waals surface area (Å²) < 4.78 is 5.54. The van der Waals surface area contributed by atoms with Crippen molar-refractivity contribution in [1.82, 2.24) is 10.6 Å². The number of ether oxygens (including phenoxy) is 1. The number of hydrogen-bond acceptors (Lipinski definition) is 4. The second-order valence-corrected chi connectivity index (χ2v) is 10.0. The number of nitrogens with one attached hydrogen (secondary N) is 2. The molecule has 2 fully saturated rings. The summed E-state index contributed by atoms with van der Waals surface area (Å²) in [5, 5.41) is 15.1. The van der Waals surface area contributed by atoms with E-state index in [9.17, 15) is 19.5 Å². The molecule has 2 aromatic carbocycles. The number of amides is 2. The molecule has 184 valence electrons. The fourth-order valence-corrected chi connectivity index (χ4v) is 6.12. The predicted molar refractivity (Wildman–Crippen MR) is 131 cm³/mol. The van der Waals surface area contributed by atoms with Crippen LogP contribution in [0.5, 0.6) is 0 Å². The zero-order chi connectivity index (χ0) is 24.4. The predicted octanol–water partition coefficient (Wildman–Crippen LogP) is 4.31. The number of hydrogen-bond donors (Lipinski definition) is 3. The fourth-order valence-electron chi connectivity index (χ4n) is 6.12. The van der Waals surface area contributed by atoms with E-state index in [1.54, 1.807) is 0 Å². The first-order valence-electron chi connectivity index (χ1n) is 12.6. The van der Waals surface area contributed by atoms with E-state index in [-0.39, 0.29) is 30.4 Å². The van der Waals surface area contributed by atoms with Crippen LogP contribution >= 0.6 is 0 Å². The summed E-state index contributed by atoms with van der Waals surface area (Å²) in [6.07, 6.45) is 3.64. The lowest BCUT2D eigenvalue weighted by Crippen LogP contribution is -2.50. The Bertz CT molecular complexity index is 1070. The SMILES string of the molecule is O=C(CCCCNC(=O)OCC1c2ccccc2-c2ccccc21)NC1CC2CC(C(=O)O)CC21. The Morgan fingerprint density at radius 1 is 0.914 bits per heavy atom. The van der Waals surface area contributed by atoms with Crippen molar-refractivity contribution < 1.29 is 24.2 Å². The van der Waals surface area contributed by atoms with Crippen LogP contribution < -0.4 is 10.6 Å². The molecule has 7 heteroatoms. The number of carboxylic acids is 1. The Morgan fingerprint density at radius 2 is 1.60 bits per heavy atom. The van der Waals surface area contributed by atoms with Crippen LogP contribution in [0.25, 0.3) is 11.1 Å². The summed E-state index contributed by atoms with van der Waals surface area (Å²) in [5.74, 6) is -0.163. The molecule has 3 aliphatic rings. The summed E-state index contributed by atoms with van der Waals surface area (Å²) in [6, 6.07) is 16.6. The van der Waals surface area contributed by atoms with E-state index in [0.29, 0.717) is 44.1 Å². The van der Waals surface area contributed by atoms with Gasteiger partial charge in [-0.15, -0.1) is 0 Å². The molecule has 0 spiro atoms. The van der Waals surface area contributed by atoms with E-state index in [0.717, 1.165) is 12.8 Å². The monoisotopic (exact) mass is 476 g/mol. The van der Waals surface area contributed by atoms with Gasteiger partial charge in [-0.2, -0.15) is 0 Å². The zero-order valence-electron chi connectivity index (χ0n) is 19.7. The molecular formula is C28H32N2O5. The Kier molecular flexibility index (Phi) is 6.75. The summed E-state index contributed by atoms with van der Waals surface area (Å²) >= 11 is 0. The largest absolute Gasteiger partial charge is 0.481 e. The smallest absolute Gasteiger partial charge is 0.407 e. The standard InChI is InChI=1S/C28H32N2O5/c31-26(30-25-15-17-13-18(27(32)33)14-23(17)25)11-5-6-12-29-28(34)35-16-24-21-9-3-1-7-19(21)20-8-2-4-10-22(20)24/h1-4,7-10,17-18,23-25H,5-6,11-16H2,(H,29,34)(H,30,31)(H,32,33).